The van der Waals surface area contributed by atoms with Crippen LogP contribution in [0.3, 0.4) is 0 Å². The van der Waals surface area contributed by atoms with Crippen LogP contribution in [0.4, 0.5) is 0 Å². The summed E-state index contributed by atoms with van der Waals surface area (Å²) in [5.41, 5.74) is 0. The molecule has 0 aromatic carbocycles. The van der Waals surface area contributed by atoms with E-state index in [0.717, 1.165) is 51.4 Å². The highest BCUT2D eigenvalue weighted by molar-refractivity contribution is 14.1. The summed E-state index contributed by atoms with van der Waals surface area (Å²) in [6.45, 7) is 5.23. The lowest BCUT2D eigenvalue weighted by Crippen LogP contribution is -2.19. The number of rotatable bonds is 28. The van der Waals surface area contributed by atoms with Gasteiger partial charge in [-0.1, -0.05) is 148 Å². The molecule has 0 aliphatic heterocycles. The molecule has 0 bridgehead atoms. The number of halogens is 2. The van der Waals surface area contributed by atoms with Gasteiger partial charge in [-0.2, -0.15) is 0 Å². The normalized spacial score (nSPS) is 13.8. The van der Waals surface area contributed by atoms with Gasteiger partial charge < -0.3 is 14.2 Å². The first-order valence-corrected chi connectivity index (χ1v) is 17.6. The van der Waals surface area contributed by atoms with Gasteiger partial charge in [-0.05, 0) is 51.4 Å². The van der Waals surface area contributed by atoms with E-state index in [0.29, 0.717) is 25.8 Å². The van der Waals surface area contributed by atoms with Crippen molar-refractivity contribution in [1.82, 2.24) is 0 Å². The van der Waals surface area contributed by atoms with Gasteiger partial charge in [-0.25, -0.2) is 0 Å². The quantitative estimate of drug-likeness (QED) is 0.0265. The topological polar surface area (TPSA) is 27.7 Å². The first-order valence-electron chi connectivity index (χ1n) is 14.5. The van der Waals surface area contributed by atoms with Crippen LogP contribution in [-0.4, -0.2) is 34.6 Å². The fraction of sp³-hybridized carbons (Fsp3) is 0.867. The van der Waals surface area contributed by atoms with Gasteiger partial charge in [0.1, 0.15) is 13.6 Å². The minimum Gasteiger partial charge on any atom is -0.352 e. The van der Waals surface area contributed by atoms with Crippen LogP contribution in [-0.2, 0) is 14.2 Å². The molecule has 0 aromatic heterocycles. The van der Waals surface area contributed by atoms with Crippen LogP contribution < -0.4 is 0 Å². The molecule has 0 aliphatic carbocycles. The number of hydrogen-bond acceptors (Lipinski definition) is 3. The zero-order valence-corrected chi connectivity index (χ0v) is 27.3. The van der Waals surface area contributed by atoms with E-state index >= 15 is 0 Å². The fourth-order valence-corrected chi connectivity index (χ4v) is 4.78. The smallest absolute Gasteiger partial charge is 0.149 e. The lowest BCUT2D eigenvalue weighted by atomic mass is 10.0. The second-order valence-corrected chi connectivity index (χ2v) is 11.6. The van der Waals surface area contributed by atoms with Crippen molar-refractivity contribution in [3.63, 3.8) is 0 Å². The van der Waals surface area contributed by atoms with Crippen LogP contribution in [0, 0.1) is 0 Å². The van der Waals surface area contributed by atoms with Crippen LogP contribution in [0.15, 0.2) is 24.3 Å². The van der Waals surface area contributed by atoms with Crippen molar-refractivity contribution in [2.24, 2.45) is 0 Å². The van der Waals surface area contributed by atoms with Crippen molar-refractivity contribution in [2.45, 2.75) is 142 Å². The van der Waals surface area contributed by atoms with Crippen molar-refractivity contribution < 1.29 is 14.2 Å². The predicted molar refractivity (Wildman–Crippen MR) is 171 cm³/mol. The molecule has 0 amide bonds. The molecule has 2 unspecified atom stereocenters. The molecule has 0 N–H and O–H groups in total. The number of unbranched alkanes of at least 4 members (excludes halogenated alkanes) is 8. The Balaban J connectivity index is 4.30. The summed E-state index contributed by atoms with van der Waals surface area (Å²) in [7, 11) is 0. The maximum Gasteiger partial charge on any atom is 0.149 e. The summed E-state index contributed by atoms with van der Waals surface area (Å²) in [5.74, 6) is 0. The number of alkyl halides is 2. The molecule has 3 nitrogen and oxygen atoms in total. The molecule has 0 aliphatic rings. The zero-order chi connectivity index (χ0) is 25.7. The van der Waals surface area contributed by atoms with Crippen LogP contribution in [0.1, 0.15) is 129 Å². The van der Waals surface area contributed by atoms with E-state index in [1.54, 1.807) is 0 Å². The van der Waals surface area contributed by atoms with Crippen LogP contribution in [0.5, 0.6) is 0 Å². The van der Waals surface area contributed by atoms with Gasteiger partial charge in [0, 0.05) is 8.86 Å². The Morgan fingerprint density at radius 1 is 0.514 bits per heavy atom. The Kier molecular flexibility index (Phi) is 31.8. The first-order chi connectivity index (χ1) is 17.3. The Morgan fingerprint density at radius 3 is 1.31 bits per heavy atom. The molecular formula is C30H56I2O3. The summed E-state index contributed by atoms with van der Waals surface area (Å²) >= 11 is 4.86. The van der Waals surface area contributed by atoms with E-state index < -0.39 is 0 Å². The molecule has 0 spiro atoms. The second-order valence-electron chi connectivity index (χ2n) is 9.48. The summed E-state index contributed by atoms with van der Waals surface area (Å²) in [4.78, 5) is 0. The standard InChI is InChI=1S/C30H56I2O3/c1-3-5-7-9-15-21-29(23-17-11-13-19-25-31)34-27-33-28-35-30(22-16-10-8-6-4-2)24-18-12-14-20-26-32/h11-14,29-30H,3-10,15-28H2,1-2H3/b13-11-,14-12-. The lowest BCUT2D eigenvalue weighted by molar-refractivity contribution is -0.167. The van der Waals surface area contributed by atoms with Gasteiger partial charge in [0.25, 0.3) is 0 Å². The Labute approximate surface area is 246 Å². The first kappa shape index (κ1) is 35.8. The maximum atomic E-state index is 6.14. The molecule has 208 valence electrons. The molecule has 5 heteroatoms. The Morgan fingerprint density at radius 2 is 0.914 bits per heavy atom. The van der Waals surface area contributed by atoms with Gasteiger partial charge >= 0.3 is 0 Å². The van der Waals surface area contributed by atoms with Gasteiger partial charge in [0.2, 0.25) is 0 Å². The van der Waals surface area contributed by atoms with Gasteiger partial charge in [0.05, 0.1) is 12.2 Å². The summed E-state index contributed by atoms with van der Waals surface area (Å²) in [6.07, 6.45) is 31.9. The SMILES string of the molecule is CCCCCCCC(CC/C=C\CCI)OCOCOC(CC/C=C\CCI)CCCCCCC. The van der Waals surface area contributed by atoms with Crippen molar-refractivity contribution in [3.05, 3.63) is 24.3 Å². The minimum atomic E-state index is 0.290. The zero-order valence-electron chi connectivity index (χ0n) is 23.0. The lowest BCUT2D eigenvalue weighted by Gasteiger charge is -2.20. The molecule has 0 saturated heterocycles. The highest BCUT2D eigenvalue weighted by Crippen LogP contribution is 2.16. The monoisotopic (exact) mass is 718 g/mol. The summed E-state index contributed by atoms with van der Waals surface area (Å²) < 4.78 is 20.4. The minimum absolute atomic E-state index is 0.290. The van der Waals surface area contributed by atoms with Gasteiger partial charge in [0.15, 0.2) is 0 Å². The van der Waals surface area contributed by atoms with Crippen LogP contribution >= 0.6 is 45.2 Å². The van der Waals surface area contributed by atoms with Crippen molar-refractivity contribution in [3.8, 4) is 0 Å². The maximum absolute atomic E-state index is 6.14. The van der Waals surface area contributed by atoms with Crippen LogP contribution in [0.2, 0.25) is 0 Å². The van der Waals surface area contributed by atoms with Gasteiger partial charge in [-0.3, -0.25) is 0 Å². The van der Waals surface area contributed by atoms with Crippen LogP contribution in [0.25, 0.3) is 0 Å². The van der Waals surface area contributed by atoms with Crippen molar-refractivity contribution in [2.75, 3.05) is 22.4 Å². The van der Waals surface area contributed by atoms with E-state index in [-0.39, 0.29) is 0 Å². The highest BCUT2D eigenvalue weighted by atomic mass is 127. The van der Waals surface area contributed by atoms with Crippen molar-refractivity contribution in [1.29, 1.82) is 0 Å². The average molecular weight is 719 g/mol. The molecule has 2 atom stereocenters. The highest BCUT2D eigenvalue weighted by Gasteiger charge is 2.11. The molecular weight excluding hydrogens is 662 g/mol. The third kappa shape index (κ3) is 27.7. The molecule has 0 fully saturated rings. The third-order valence-electron chi connectivity index (χ3n) is 6.23. The number of hydrogen-bond donors (Lipinski definition) is 0. The average Bonchev–Trinajstić information content (AvgIpc) is 2.86. The Hall–Kier alpha value is 0.820. The largest absolute Gasteiger partial charge is 0.352 e. The Bertz CT molecular complexity index is 417. The predicted octanol–water partition coefficient (Wildman–Crippen LogP) is 10.7. The summed E-state index contributed by atoms with van der Waals surface area (Å²) in [5, 5.41) is 0. The van der Waals surface area contributed by atoms with Gasteiger partial charge in [-0.15, -0.1) is 0 Å². The van der Waals surface area contributed by atoms with Crippen molar-refractivity contribution >= 4 is 45.2 Å². The molecule has 0 rings (SSSR count). The van der Waals surface area contributed by atoms with E-state index in [2.05, 4.69) is 83.3 Å². The number of allylic oxidation sites excluding steroid dienone is 4. The molecule has 0 aromatic rings. The second kappa shape index (κ2) is 31.0. The third-order valence-corrected chi connectivity index (χ3v) is 7.47. The van der Waals surface area contributed by atoms with E-state index in [9.17, 15) is 0 Å². The molecule has 0 radical (unpaired) electrons. The molecule has 35 heavy (non-hydrogen) atoms. The van der Waals surface area contributed by atoms with E-state index in [4.69, 9.17) is 14.2 Å². The fourth-order valence-electron chi connectivity index (χ4n) is 4.06. The van der Waals surface area contributed by atoms with E-state index in [1.807, 2.05) is 0 Å². The molecule has 0 heterocycles. The number of ether oxygens (including phenoxy) is 3. The summed E-state index contributed by atoms with van der Waals surface area (Å²) in [6, 6.07) is 0. The van der Waals surface area contributed by atoms with E-state index in [1.165, 1.54) is 73.1 Å². The molecule has 0 saturated carbocycles.